The standard InChI is InChI=1S/C21H22BrN3O2S/c1-14(28-17-8-6-15(22)7-9-17)20(26)24-12-10-16(11-13-24)25-19-5-3-2-4-18(19)23-21(25)27/h2-9,14,16H,10-13H2,1H3,(H,23,27). The van der Waals surface area contributed by atoms with Crippen molar-refractivity contribution in [2.75, 3.05) is 13.1 Å². The molecule has 2 aromatic carbocycles. The van der Waals surface area contributed by atoms with Gasteiger partial charge in [0.05, 0.1) is 16.3 Å². The van der Waals surface area contributed by atoms with Gasteiger partial charge in [-0.3, -0.25) is 9.36 Å². The topological polar surface area (TPSA) is 58.1 Å². The fourth-order valence-electron chi connectivity index (χ4n) is 3.81. The highest BCUT2D eigenvalue weighted by molar-refractivity contribution is 9.10. The van der Waals surface area contributed by atoms with E-state index in [9.17, 15) is 9.59 Å². The summed E-state index contributed by atoms with van der Waals surface area (Å²) in [5, 5.41) is -0.131. The molecule has 146 valence electrons. The fourth-order valence-corrected chi connectivity index (χ4v) is 5.02. The molecule has 0 bridgehead atoms. The first-order chi connectivity index (χ1) is 13.5. The van der Waals surface area contributed by atoms with Crippen molar-refractivity contribution in [2.24, 2.45) is 0 Å². The third-order valence-corrected chi connectivity index (χ3v) is 6.87. The molecule has 1 N–H and O–H groups in total. The van der Waals surface area contributed by atoms with E-state index in [1.54, 1.807) is 11.8 Å². The number of nitrogens with zero attached hydrogens (tertiary/aromatic N) is 2. The lowest BCUT2D eigenvalue weighted by Gasteiger charge is -2.34. The number of aromatic nitrogens is 2. The van der Waals surface area contributed by atoms with Crippen molar-refractivity contribution in [1.82, 2.24) is 14.5 Å². The highest BCUT2D eigenvalue weighted by atomic mass is 79.9. The number of imidazole rings is 1. The molecule has 4 rings (SSSR count). The number of fused-ring (bicyclic) bond motifs is 1. The predicted molar refractivity (Wildman–Crippen MR) is 117 cm³/mol. The van der Waals surface area contributed by atoms with Crippen LogP contribution < -0.4 is 5.69 Å². The number of hydrogen-bond donors (Lipinski definition) is 1. The van der Waals surface area contributed by atoms with E-state index in [0.29, 0.717) is 13.1 Å². The second-order valence-electron chi connectivity index (χ2n) is 7.09. The summed E-state index contributed by atoms with van der Waals surface area (Å²) in [6.07, 6.45) is 1.59. The number of halogens is 1. The van der Waals surface area contributed by atoms with Crippen LogP contribution in [0.15, 0.2) is 62.7 Å². The maximum absolute atomic E-state index is 12.9. The summed E-state index contributed by atoms with van der Waals surface area (Å²) in [7, 11) is 0. The fraction of sp³-hybridized carbons (Fsp3) is 0.333. The van der Waals surface area contributed by atoms with E-state index in [1.165, 1.54) is 0 Å². The SMILES string of the molecule is CC(Sc1ccc(Br)cc1)C(=O)N1CCC(n2c(=O)[nH]c3ccccc32)CC1. The number of carbonyl (C=O) groups excluding carboxylic acids is 1. The maximum atomic E-state index is 12.9. The molecule has 1 aliphatic rings. The van der Waals surface area contributed by atoms with Crippen molar-refractivity contribution in [1.29, 1.82) is 0 Å². The molecule has 1 unspecified atom stereocenters. The zero-order valence-electron chi connectivity index (χ0n) is 15.6. The van der Waals surface area contributed by atoms with Crippen LogP contribution in [0.5, 0.6) is 0 Å². The molecule has 1 fully saturated rings. The molecule has 1 amide bonds. The van der Waals surface area contributed by atoms with Crippen LogP contribution in [-0.2, 0) is 4.79 Å². The van der Waals surface area contributed by atoms with E-state index in [1.807, 2.05) is 64.9 Å². The van der Waals surface area contributed by atoms with Crippen LogP contribution >= 0.6 is 27.7 Å². The zero-order chi connectivity index (χ0) is 19.7. The first kappa shape index (κ1) is 19.3. The molecule has 0 saturated carbocycles. The van der Waals surface area contributed by atoms with Gasteiger partial charge in [0, 0.05) is 28.5 Å². The highest BCUT2D eigenvalue weighted by Gasteiger charge is 2.28. The molecule has 5 nitrogen and oxygen atoms in total. The summed E-state index contributed by atoms with van der Waals surface area (Å²) in [6, 6.07) is 15.9. The van der Waals surface area contributed by atoms with Gasteiger partial charge in [0.2, 0.25) is 5.91 Å². The Morgan fingerprint density at radius 3 is 2.54 bits per heavy atom. The Kier molecular flexibility index (Phi) is 5.64. The number of amides is 1. The van der Waals surface area contributed by atoms with Crippen molar-refractivity contribution in [3.8, 4) is 0 Å². The van der Waals surface area contributed by atoms with Gasteiger partial charge in [0.15, 0.2) is 0 Å². The van der Waals surface area contributed by atoms with Crippen LogP contribution in [0.4, 0.5) is 0 Å². The van der Waals surface area contributed by atoms with Crippen LogP contribution in [0.1, 0.15) is 25.8 Å². The number of piperidine rings is 1. The Hall–Kier alpha value is -1.99. The molecule has 0 spiro atoms. The minimum atomic E-state index is -0.131. The Morgan fingerprint density at radius 2 is 1.82 bits per heavy atom. The van der Waals surface area contributed by atoms with Gasteiger partial charge in [-0.1, -0.05) is 28.1 Å². The van der Waals surface area contributed by atoms with E-state index in [0.717, 1.165) is 33.2 Å². The summed E-state index contributed by atoms with van der Waals surface area (Å²) < 4.78 is 2.89. The second-order valence-corrected chi connectivity index (χ2v) is 9.42. The highest BCUT2D eigenvalue weighted by Crippen LogP contribution is 2.29. The molecule has 1 aromatic heterocycles. The van der Waals surface area contributed by atoms with Crippen molar-refractivity contribution in [2.45, 2.75) is 36.0 Å². The summed E-state index contributed by atoms with van der Waals surface area (Å²) in [5.74, 6) is 0.164. The van der Waals surface area contributed by atoms with Gasteiger partial charge in [0.1, 0.15) is 0 Å². The van der Waals surface area contributed by atoms with Crippen LogP contribution in [0.3, 0.4) is 0 Å². The van der Waals surface area contributed by atoms with Gasteiger partial charge < -0.3 is 9.88 Å². The lowest BCUT2D eigenvalue weighted by Crippen LogP contribution is -2.43. The number of aromatic amines is 1. The Balaban J connectivity index is 1.40. The molecule has 1 atom stereocenters. The van der Waals surface area contributed by atoms with E-state index < -0.39 is 0 Å². The Bertz CT molecular complexity index is 1040. The van der Waals surface area contributed by atoms with Crippen LogP contribution in [0.25, 0.3) is 11.0 Å². The number of benzene rings is 2. The Labute approximate surface area is 176 Å². The maximum Gasteiger partial charge on any atom is 0.326 e. The minimum absolute atomic E-state index is 0.0647. The van der Waals surface area contributed by atoms with Gasteiger partial charge >= 0.3 is 5.69 Å². The predicted octanol–water partition coefficient (Wildman–Crippen LogP) is 4.44. The van der Waals surface area contributed by atoms with E-state index in [4.69, 9.17) is 0 Å². The van der Waals surface area contributed by atoms with E-state index in [2.05, 4.69) is 20.9 Å². The third kappa shape index (κ3) is 3.91. The number of hydrogen-bond acceptors (Lipinski definition) is 3. The molecule has 28 heavy (non-hydrogen) atoms. The smallest absolute Gasteiger partial charge is 0.326 e. The molecule has 7 heteroatoms. The van der Waals surface area contributed by atoms with E-state index >= 15 is 0 Å². The molecular formula is C21H22BrN3O2S. The molecule has 3 aromatic rings. The summed E-state index contributed by atoms with van der Waals surface area (Å²) in [6.45, 7) is 3.33. The van der Waals surface area contributed by atoms with Gasteiger partial charge in [-0.05, 0) is 56.2 Å². The second kappa shape index (κ2) is 8.17. The van der Waals surface area contributed by atoms with Gasteiger partial charge in [-0.15, -0.1) is 11.8 Å². The zero-order valence-corrected chi connectivity index (χ0v) is 18.0. The van der Waals surface area contributed by atoms with Gasteiger partial charge in [-0.25, -0.2) is 4.79 Å². The summed E-state index contributed by atoms with van der Waals surface area (Å²) in [4.78, 5) is 31.2. The first-order valence-corrected chi connectivity index (χ1v) is 11.1. The van der Waals surface area contributed by atoms with Crippen LogP contribution in [0.2, 0.25) is 0 Å². The average Bonchev–Trinajstić information content (AvgIpc) is 3.05. The third-order valence-electron chi connectivity index (χ3n) is 5.24. The number of H-pyrrole nitrogens is 1. The molecule has 0 aliphatic carbocycles. The number of carbonyl (C=O) groups is 1. The quantitative estimate of drug-likeness (QED) is 0.586. The molecular weight excluding hydrogens is 438 g/mol. The summed E-state index contributed by atoms with van der Waals surface area (Å²) in [5.41, 5.74) is 1.74. The largest absolute Gasteiger partial charge is 0.342 e. The van der Waals surface area contributed by atoms with Gasteiger partial charge in [-0.2, -0.15) is 0 Å². The molecule has 0 radical (unpaired) electrons. The minimum Gasteiger partial charge on any atom is -0.342 e. The molecule has 1 saturated heterocycles. The monoisotopic (exact) mass is 459 g/mol. The van der Waals surface area contributed by atoms with Crippen molar-refractivity contribution in [3.05, 3.63) is 63.5 Å². The lowest BCUT2D eigenvalue weighted by atomic mass is 10.0. The average molecular weight is 460 g/mol. The van der Waals surface area contributed by atoms with Crippen molar-refractivity contribution in [3.63, 3.8) is 0 Å². The van der Waals surface area contributed by atoms with Crippen molar-refractivity contribution >= 4 is 44.6 Å². The van der Waals surface area contributed by atoms with Gasteiger partial charge in [0.25, 0.3) is 0 Å². The molecule has 2 heterocycles. The van der Waals surface area contributed by atoms with E-state index in [-0.39, 0.29) is 22.9 Å². The Morgan fingerprint density at radius 1 is 1.14 bits per heavy atom. The summed E-state index contributed by atoms with van der Waals surface area (Å²) >= 11 is 5.02. The number of thioether (sulfide) groups is 1. The normalized spacial score (nSPS) is 16.4. The molecule has 1 aliphatic heterocycles. The van der Waals surface area contributed by atoms with Crippen molar-refractivity contribution < 1.29 is 4.79 Å². The van der Waals surface area contributed by atoms with Crippen LogP contribution in [-0.4, -0.2) is 38.7 Å². The lowest BCUT2D eigenvalue weighted by molar-refractivity contribution is -0.131. The first-order valence-electron chi connectivity index (χ1n) is 9.43. The number of para-hydroxylation sites is 2. The number of likely N-dealkylation sites (tertiary alicyclic amines) is 1. The number of nitrogens with one attached hydrogen (secondary N) is 1. The van der Waals surface area contributed by atoms with Crippen LogP contribution in [0, 0.1) is 0 Å². The number of rotatable bonds is 4.